The molecule has 4 heteroatoms. The van der Waals surface area contributed by atoms with E-state index in [0.717, 1.165) is 25.9 Å². The number of ether oxygens (including phenoxy) is 1. The molecule has 0 amide bonds. The molecule has 94 valence electrons. The molecule has 16 heavy (non-hydrogen) atoms. The molecule has 1 saturated heterocycles. The van der Waals surface area contributed by atoms with Gasteiger partial charge < -0.3 is 9.84 Å². The number of likely N-dealkylation sites (tertiary alicyclic amines) is 1. The van der Waals surface area contributed by atoms with E-state index in [2.05, 4.69) is 11.8 Å². The molecule has 0 aliphatic carbocycles. The van der Waals surface area contributed by atoms with Gasteiger partial charge in [-0.25, -0.2) is 0 Å². The highest BCUT2D eigenvalue weighted by Gasteiger charge is 2.31. The molecule has 0 bridgehead atoms. The fourth-order valence-corrected chi connectivity index (χ4v) is 2.21. The number of esters is 1. The van der Waals surface area contributed by atoms with Crippen molar-refractivity contribution in [3.63, 3.8) is 0 Å². The Bertz CT molecular complexity index is 232. The number of carbonyl (C=O) groups is 1. The number of aliphatic hydroxyl groups is 1. The molecule has 0 spiro atoms. The van der Waals surface area contributed by atoms with E-state index >= 15 is 0 Å². The number of carbonyl (C=O) groups excluding carboxylic acids is 1. The average Bonchev–Trinajstić information content (AvgIpc) is 2.29. The Hall–Kier alpha value is -0.610. The lowest BCUT2D eigenvalue weighted by Gasteiger charge is -2.38. The van der Waals surface area contributed by atoms with E-state index in [0.29, 0.717) is 6.61 Å². The maximum absolute atomic E-state index is 11.6. The molecule has 1 fully saturated rings. The van der Waals surface area contributed by atoms with Crippen LogP contribution in [0.25, 0.3) is 0 Å². The van der Waals surface area contributed by atoms with Gasteiger partial charge in [-0.15, -0.1) is 0 Å². The Balaban J connectivity index is 2.51. The van der Waals surface area contributed by atoms with Crippen molar-refractivity contribution in [2.45, 2.75) is 45.8 Å². The second-order valence-electron chi connectivity index (χ2n) is 4.45. The second kappa shape index (κ2) is 6.21. The highest BCUT2D eigenvalue weighted by molar-refractivity contribution is 5.75. The van der Waals surface area contributed by atoms with Crippen molar-refractivity contribution in [3.05, 3.63) is 0 Å². The molecule has 4 nitrogen and oxygen atoms in total. The molecule has 0 aromatic rings. The first-order chi connectivity index (χ1) is 7.60. The van der Waals surface area contributed by atoms with Gasteiger partial charge in [-0.3, -0.25) is 9.69 Å². The molecule has 0 radical (unpaired) electrons. The summed E-state index contributed by atoms with van der Waals surface area (Å²) in [7, 11) is 0. The molecular weight excluding hydrogens is 206 g/mol. The maximum atomic E-state index is 11.6. The van der Waals surface area contributed by atoms with E-state index in [-0.39, 0.29) is 24.0 Å². The third-order valence-corrected chi connectivity index (χ3v) is 3.43. The highest BCUT2D eigenvalue weighted by Crippen LogP contribution is 2.21. The van der Waals surface area contributed by atoms with Gasteiger partial charge in [0.15, 0.2) is 0 Å². The summed E-state index contributed by atoms with van der Waals surface area (Å²) in [5, 5.41) is 9.77. The van der Waals surface area contributed by atoms with Crippen molar-refractivity contribution in [2.24, 2.45) is 5.92 Å². The number of aliphatic hydroxyl groups excluding tert-OH is 1. The number of nitrogens with zero attached hydrogens (tertiary/aromatic N) is 1. The van der Waals surface area contributed by atoms with Gasteiger partial charge in [0.1, 0.15) is 6.04 Å². The lowest BCUT2D eigenvalue weighted by atomic mass is 9.91. The zero-order valence-corrected chi connectivity index (χ0v) is 10.5. The predicted molar refractivity (Wildman–Crippen MR) is 62.1 cm³/mol. The quantitative estimate of drug-likeness (QED) is 0.732. The average molecular weight is 229 g/mol. The smallest absolute Gasteiger partial charge is 0.323 e. The number of piperidine rings is 1. The molecule has 3 atom stereocenters. The van der Waals surface area contributed by atoms with Gasteiger partial charge in [0.2, 0.25) is 0 Å². The van der Waals surface area contributed by atoms with Crippen LogP contribution in [0.15, 0.2) is 0 Å². The first-order valence-corrected chi connectivity index (χ1v) is 6.18. The molecule has 0 aromatic heterocycles. The number of rotatable bonds is 4. The van der Waals surface area contributed by atoms with Crippen LogP contribution < -0.4 is 0 Å². The van der Waals surface area contributed by atoms with Gasteiger partial charge in [0.05, 0.1) is 12.7 Å². The molecular formula is C12H23NO3. The number of hydrogen-bond acceptors (Lipinski definition) is 4. The Kier molecular flexibility index (Phi) is 5.22. The minimum absolute atomic E-state index is 0.159. The Morgan fingerprint density at radius 1 is 1.56 bits per heavy atom. The van der Waals surface area contributed by atoms with Crippen LogP contribution in [-0.2, 0) is 9.53 Å². The van der Waals surface area contributed by atoms with Crippen molar-refractivity contribution < 1.29 is 14.6 Å². The van der Waals surface area contributed by atoms with Crippen LogP contribution in [0.2, 0.25) is 0 Å². The molecule has 1 heterocycles. The van der Waals surface area contributed by atoms with Crippen molar-refractivity contribution in [1.82, 2.24) is 4.90 Å². The standard InChI is InChI=1S/C12H23NO3/c1-4-10-8-13(7-6-11(10)14)9(3)12(15)16-5-2/h9-11,14H,4-8H2,1-3H3. The zero-order valence-electron chi connectivity index (χ0n) is 10.5. The summed E-state index contributed by atoms with van der Waals surface area (Å²) in [6, 6.07) is -0.193. The Labute approximate surface area is 97.6 Å². The Morgan fingerprint density at radius 2 is 2.25 bits per heavy atom. The zero-order chi connectivity index (χ0) is 12.1. The van der Waals surface area contributed by atoms with Crippen molar-refractivity contribution >= 4 is 5.97 Å². The van der Waals surface area contributed by atoms with Crippen molar-refractivity contribution in [2.75, 3.05) is 19.7 Å². The molecule has 1 rings (SSSR count). The summed E-state index contributed by atoms with van der Waals surface area (Å²) >= 11 is 0. The van der Waals surface area contributed by atoms with Crippen LogP contribution in [0.3, 0.4) is 0 Å². The summed E-state index contributed by atoms with van der Waals surface area (Å²) in [5.41, 5.74) is 0. The number of hydrogen-bond donors (Lipinski definition) is 1. The van der Waals surface area contributed by atoms with E-state index in [1.807, 2.05) is 13.8 Å². The van der Waals surface area contributed by atoms with E-state index in [1.165, 1.54) is 0 Å². The van der Waals surface area contributed by atoms with Gasteiger partial charge in [-0.05, 0) is 32.6 Å². The minimum atomic E-state index is -0.212. The third-order valence-electron chi connectivity index (χ3n) is 3.43. The molecule has 1 aliphatic heterocycles. The van der Waals surface area contributed by atoms with Gasteiger partial charge in [0, 0.05) is 13.1 Å². The van der Waals surface area contributed by atoms with E-state index in [9.17, 15) is 9.90 Å². The monoisotopic (exact) mass is 229 g/mol. The van der Waals surface area contributed by atoms with Crippen molar-refractivity contribution in [1.29, 1.82) is 0 Å². The fraction of sp³-hybridized carbons (Fsp3) is 0.917. The topological polar surface area (TPSA) is 49.8 Å². The summed E-state index contributed by atoms with van der Waals surface area (Å²) in [6.45, 7) is 7.76. The molecule has 1 N–H and O–H groups in total. The highest BCUT2D eigenvalue weighted by atomic mass is 16.5. The summed E-state index contributed by atoms with van der Waals surface area (Å²) in [5.74, 6) is 0.124. The van der Waals surface area contributed by atoms with Gasteiger partial charge in [-0.2, -0.15) is 0 Å². The van der Waals surface area contributed by atoms with Gasteiger partial charge in [-0.1, -0.05) is 6.92 Å². The largest absolute Gasteiger partial charge is 0.465 e. The summed E-state index contributed by atoms with van der Waals surface area (Å²) in [4.78, 5) is 13.7. The van der Waals surface area contributed by atoms with Gasteiger partial charge in [0.25, 0.3) is 0 Å². The third kappa shape index (κ3) is 3.19. The molecule has 1 aliphatic rings. The van der Waals surface area contributed by atoms with Crippen LogP contribution >= 0.6 is 0 Å². The summed E-state index contributed by atoms with van der Waals surface area (Å²) < 4.78 is 5.01. The van der Waals surface area contributed by atoms with Crippen molar-refractivity contribution in [3.8, 4) is 0 Å². The van der Waals surface area contributed by atoms with Gasteiger partial charge >= 0.3 is 5.97 Å². The maximum Gasteiger partial charge on any atom is 0.323 e. The molecule has 0 aromatic carbocycles. The normalized spacial score (nSPS) is 28.8. The SMILES string of the molecule is CCOC(=O)C(C)N1CCC(O)C(CC)C1. The van der Waals surface area contributed by atoms with E-state index in [1.54, 1.807) is 0 Å². The Morgan fingerprint density at radius 3 is 2.81 bits per heavy atom. The second-order valence-corrected chi connectivity index (χ2v) is 4.45. The molecule has 0 saturated carbocycles. The van der Waals surface area contributed by atoms with Crippen LogP contribution in [0.1, 0.15) is 33.6 Å². The minimum Gasteiger partial charge on any atom is -0.465 e. The first-order valence-electron chi connectivity index (χ1n) is 6.18. The summed E-state index contributed by atoms with van der Waals surface area (Å²) in [6.07, 6.45) is 1.49. The first kappa shape index (κ1) is 13.5. The predicted octanol–water partition coefficient (Wildman–Crippen LogP) is 1.03. The van der Waals surface area contributed by atoms with E-state index < -0.39 is 0 Å². The lowest BCUT2D eigenvalue weighted by molar-refractivity contribution is -0.150. The fourth-order valence-electron chi connectivity index (χ4n) is 2.21. The van der Waals surface area contributed by atoms with Crippen LogP contribution in [0.4, 0.5) is 0 Å². The van der Waals surface area contributed by atoms with Crippen LogP contribution in [-0.4, -0.2) is 47.8 Å². The van der Waals surface area contributed by atoms with E-state index in [4.69, 9.17) is 4.74 Å². The molecule has 3 unspecified atom stereocenters. The van der Waals surface area contributed by atoms with Crippen LogP contribution in [0.5, 0.6) is 0 Å². The lowest BCUT2D eigenvalue weighted by Crippen LogP contribution is -2.49. The van der Waals surface area contributed by atoms with Crippen LogP contribution in [0, 0.1) is 5.92 Å².